The van der Waals surface area contributed by atoms with Crippen LogP contribution in [0.5, 0.6) is 0 Å². The largest absolute Gasteiger partial charge is 0.405 e. The van der Waals surface area contributed by atoms with E-state index in [1.807, 2.05) is 0 Å². The lowest BCUT2D eigenvalue weighted by atomic mass is 10.1. The molecule has 0 bridgehead atoms. The maximum Gasteiger partial charge on any atom is 0.405 e. The van der Waals surface area contributed by atoms with E-state index in [0.717, 1.165) is 0 Å². The van der Waals surface area contributed by atoms with Crippen molar-refractivity contribution in [1.29, 1.82) is 0 Å². The third-order valence-electron chi connectivity index (χ3n) is 2.47. The summed E-state index contributed by atoms with van der Waals surface area (Å²) in [5.74, 6) is -0.846. The molecule has 1 aromatic heterocycles. The normalized spacial score (nSPS) is 11.4. The molecule has 106 valence electrons. The fraction of sp³-hybridized carbons (Fsp3) is 0.167. The van der Waals surface area contributed by atoms with Crippen molar-refractivity contribution in [1.82, 2.24) is 15.5 Å². The molecule has 2 aromatic rings. The number of hydrogen-bond acceptors (Lipinski definition) is 2. The number of nitrogens with one attached hydrogen (secondary N) is 2. The van der Waals surface area contributed by atoms with Gasteiger partial charge in [-0.2, -0.15) is 18.3 Å². The monoisotopic (exact) mass is 303 g/mol. The predicted octanol–water partition coefficient (Wildman–Crippen LogP) is 3.02. The summed E-state index contributed by atoms with van der Waals surface area (Å²) >= 11 is 5.75. The minimum atomic E-state index is -4.46. The van der Waals surface area contributed by atoms with Crippen molar-refractivity contribution >= 4 is 17.5 Å². The molecule has 0 aliphatic rings. The van der Waals surface area contributed by atoms with Crippen LogP contribution in [-0.2, 0) is 0 Å². The number of rotatable bonds is 3. The van der Waals surface area contributed by atoms with Gasteiger partial charge in [0.2, 0.25) is 0 Å². The van der Waals surface area contributed by atoms with E-state index in [9.17, 15) is 18.0 Å². The average Bonchev–Trinajstić information content (AvgIpc) is 2.85. The van der Waals surface area contributed by atoms with E-state index >= 15 is 0 Å². The molecular weight excluding hydrogens is 295 g/mol. The Kier molecular flexibility index (Phi) is 3.99. The molecule has 0 saturated carbocycles. The number of carbonyl (C=O) groups excluding carboxylic acids is 1. The van der Waals surface area contributed by atoms with Gasteiger partial charge in [0.05, 0.1) is 17.5 Å². The maximum absolute atomic E-state index is 12.1. The van der Waals surface area contributed by atoms with Gasteiger partial charge in [0, 0.05) is 10.6 Å². The highest BCUT2D eigenvalue weighted by molar-refractivity contribution is 6.30. The molecule has 1 amide bonds. The number of alkyl halides is 3. The lowest BCUT2D eigenvalue weighted by Gasteiger charge is -2.08. The fourth-order valence-electron chi connectivity index (χ4n) is 1.57. The Morgan fingerprint density at radius 2 is 1.95 bits per heavy atom. The zero-order valence-electron chi connectivity index (χ0n) is 9.96. The van der Waals surface area contributed by atoms with E-state index in [0.29, 0.717) is 16.3 Å². The number of H-pyrrole nitrogens is 1. The summed E-state index contributed by atoms with van der Waals surface area (Å²) in [4.78, 5) is 11.7. The number of nitrogens with zero attached hydrogens (tertiary/aromatic N) is 1. The van der Waals surface area contributed by atoms with E-state index < -0.39 is 18.6 Å². The van der Waals surface area contributed by atoms with Crippen LogP contribution in [0.3, 0.4) is 0 Å². The highest BCUT2D eigenvalue weighted by atomic mass is 35.5. The van der Waals surface area contributed by atoms with Crippen LogP contribution in [0, 0.1) is 0 Å². The summed E-state index contributed by atoms with van der Waals surface area (Å²) < 4.78 is 36.2. The molecule has 0 aliphatic heterocycles. The number of hydrogen-bond donors (Lipinski definition) is 2. The van der Waals surface area contributed by atoms with E-state index in [2.05, 4.69) is 10.2 Å². The summed E-state index contributed by atoms with van der Waals surface area (Å²) in [5.41, 5.74) is 0.974. The van der Waals surface area contributed by atoms with E-state index in [-0.39, 0.29) is 5.56 Å². The van der Waals surface area contributed by atoms with Crippen molar-refractivity contribution in [2.75, 3.05) is 6.54 Å². The van der Waals surface area contributed by atoms with Gasteiger partial charge in [0.15, 0.2) is 0 Å². The first-order chi connectivity index (χ1) is 9.37. The molecule has 1 heterocycles. The minimum absolute atomic E-state index is 0.0385. The molecule has 8 heteroatoms. The van der Waals surface area contributed by atoms with Gasteiger partial charge in [0.25, 0.3) is 5.91 Å². The number of aromatic amines is 1. The number of benzene rings is 1. The van der Waals surface area contributed by atoms with Gasteiger partial charge in [-0.3, -0.25) is 9.89 Å². The van der Waals surface area contributed by atoms with Crippen LogP contribution in [0.25, 0.3) is 11.3 Å². The van der Waals surface area contributed by atoms with Crippen LogP contribution in [0.2, 0.25) is 5.02 Å². The molecule has 0 spiro atoms. The zero-order valence-corrected chi connectivity index (χ0v) is 10.7. The first-order valence-corrected chi connectivity index (χ1v) is 5.89. The topological polar surface area (TPSA) is 57.8 Å². The Hall–Kier alpha value is -2.02. The highest BCUT2D eigenvalue weighted by Gasteiger charge is 2.28. The van der Waals surface area contributed by atoms with Crippen LogP contribution in [0.4, 0.5) is 13.2 Å². The molecule has 2 rings (SSSR count). The van der Waals surface area contributed by atoms with Crippen molar-refractivity contribution in [3.8, 4) is 11.3 Å². The summed E-state index contributed by atoms with van der Waals surface area (Å²) in [7, 11) is 0. The molecule has 0 atom stereocenters. The van der Waals surface area contributed by atoms with Crippen LogP contribution < -0.4 is 5.32 Å². The third kappa shape index (κ3) is 3.51. The predicted molar refractivity (Wildman–Crippen MR) is 67.4 cm³/mol. The maximum atomic E-state index is 12.1. The molecule has 0 aliphatic carbocycles. The van der Waals surface area contributed by atoms with Gasteiger partial charge in [-0.05, 0) is 12.1 Å². The first-order valence-electron chi connectivity index (χ1n) is 5.51. The van der Waals surface area contributed by atoms with Gasteiger partial charge >= 0.3 is 6.18 Å². The van der Waals surface area contributed by atoms with Crippen molar-refractivity contribution in [3.63, 3.8) is 0 Å². The van der Waals surface area contributed by atoms with Crippen molar-refractivity contribution in [2.45, 2.75) is 6.18 Å². The SMILES string of the molecule is O=C(NCC(F)(F)F)c1cn[nH]c1-c1ccc(Cl)cc1. The average molecular weight is 304 g/mol. The Balaban J connectivity index is 2.20. The quantitative estimate of drug-likeness (QED) is 0.915. The third-order valence-corrected chi connectivity index (χ3v) is 2.72. The van der Waals surface area contributed by atoms with E-state index in [4.69, 9.17) is 11.6 Å². The molecule has 0 radical (unpaired) electrons. The molecule has 0 saturated heterocycles. The lowest BCUT2D eigenvalue weighted by Crippen LogP contribution is -2.33. The standard InChI is InChI=1S/C12H9ClF3N3O/c13-8-3-1-7(2-4-8)10-9(5-18-19-10)11(20)17-6-12(14,15)16/h1-5H,6H2,(H,17,20)(H,18,19). The van der Waals surface area contributed by atoms with E-state index in [1.54, 1.807) is 29.6 Å². The summed E-state index contributed by atoms with van der Waals surface area (Å²) in [5, 5.41) is 8.58. The highest BCUT2D eigenvalue weighted by Crippen LogP contribution is 2.23. The van der Waals surface area contributed by atoms with Crippen LogP contribution >= 0.6 is 11.6 Å². The Bertz CT molecular complexity index is 607. The van der Waals surface area contributed by atoms with Gasteiger partial charge in [0.1, 0.15) is 6.54 Å². The molecule has 4 nitrogen and oxygen atoms in total. The van der Waals surface area contributed by atoms with Crippen molar-refractivity contribution in [2.24, 2.45) is 0 Å². The van der Waals surface area contributed by atoms with Gasteiger partial charge in [-0.1, -0.05) is 23.7 Å². The number of amides is 1. The number of halogens is 4. The Morgan fingerprint density at radius 3 is 2.55 bits per heavy atom. The lowest BCUT2D eigenvalue weighted by molar-refractivity contribution is -0.123. The van der Waals surface area contributed by atoms with E-state index in [1.165, 1.54) is 6.20 Å². The number of carbonyl (C=O) groups is 1. The molecule has 0 unspecified atom stereocenters. The molecule has 1 aromatic carbocycles. The summed E-state index contributed by atoms with van der Waals surface area (Å²) in [6.45, 7) is -1.39. The van der Waals surface area contributed by atoms with Gasteiger partial charge in [-0.25, -0.2) is 0 Å². The zero-order chi connectivity index (χ0) is 14.8. The summed E-state index contributed by atoms with van der Waals surface area (Å²) in [6.07, 6.45) is -3.28. The molecule has 0 fully saturated rings. The number of aromatic nitrogens is 2. The molecule has 20 heavy (non-hydrogen) atoms. The van der Waals surface area contributed by atoms with Crippen LogP contribution in [-0.4, -0.2) is 28.8 Å². The first kappa shape index (κ1) is 14.4. The second kappa shape index (κ2) is 5.54. The Labute approximate surface area is 116 Å². The molecular formula is C12H9ClF3N3O. The Morgan fingerprint density at radius 1 is 1.30 bits per heavy atom. The minimum Gasteiger partial charge on any atom is -0.343 e. The van der Waals surface area contributed by atoms with Crippen LogP contribution in [0.1, 0.15) is 10.4 Å². The summed E-state index contributed by atoms with van der Waals surface area (Å²) in [6, 6.07) is 6.48. The second-order valence-corrected chi connectivity index (χ2v) is 4.40. The van der Waals surface area contributed by atoms with Gasteiger partial charge < -0.3 is 5.32 Å². The molecule has 2 N–H and O–H groups in total. The fourth-order valence-corrected chi connectivity index (χ4v) is 1.70. The van der Waals surface area contributed by atoms with Gasteiger partial charge in [-0.15, -0.1) is 0 Å². The second-order valence-electron chi connectivity index (χ2n) is 3.96. The van der Waals surface area contributed by atoms with Crippen LogP contribution in [0.15, 0.2) is 30.5 Å². The van der Waals surface area contributed by atoms with Crippen molar-refractivity contribution < 1.29 is 18.0 Å². The smallest absolute Gasteiger partial charge is 0.343 e. The van der Waals surface area contributed by atoms with Crippen molar-refractivity contribution in [3.05, 3.63) is 41.0 Å².